The van der Waals surface area contributed by atoms with Gasteiger partial charge in [0, 0.05) is 11.7 Å². The lowest BCUT2D eigenvalue weighted by atomic mass is 9.99. The summed E-state index contributed by atoms with van der Waals surface area (Å²) in [5.41, 5.74) is 7.36. The first-order chi connectivity index (χ1) is 13.5. The Morgan fingerprint density at radius 1 is 0.778 bits per heavy atom. The van der Waals surface area contributed by atoms with Gasteiger partial charge >= 0.3 is 0 Å². The fourth-order valence-corrected chi connectivity index (χ4v) is 4.39. The van der Waals surface area contributed by atoms with E-state index in [9.17, 15) is 1.41 Å². The topological polar surface area (TPSA) is 15.3 Å². The first-order valence-electron chi connectivity index (χ1n) is 10.2. The Kier molecular flexibility index (Phi) is 4.43. The molecule has 1 aliphatic rings. The lowest BCUT2D eigenvalue weighted by Gasteiger charge is -2.33. The van der Waals surface area contributed by atoms with E-state index in [1.165, 1.54) is 33.5 Å². The van der Waals surface area contributed by atoms with Crippen molar-refractivity contribution in [3.8, 4) is 0 Å². The minimum Gasteiger partial charge on any atom is -0.347 e. The van der Waals surface area contributed by atoms with Gasteiger partial charge in [0.25, 0.3) is 0 Å². The van der Waals surface area contributed by atoms with Gasteiger partial charge in [-0.3, -0.25) is 5.31 Å². The molecule has 0 spiro atoms. The van der Waals surface area contributed by atoms with Crippen molar-refractivity contribution in [2.75, 3.05) is 4.90 Å². The van der Waals surface area contributed by atoms with E-state index in [0.717, 1.165) is 0 Å². The first-order valence-corrected chi connectivity index (χ1v) is 9.73. The highest BCUT2D eigenvalue weighted by molar-refractivity contribution is 5.58. The van der Waals surface area contributed by atoms with Crippen LogP contribution in [0.1, 0.15) is 46.9 Å². The molecule has 2 nitrogen and oxygen atoms in total. The molecular formula is C25H28N2. The van der Waals surface area contributed by atoms with Crippen LogP contribution < -0.4 is 10.2 Å². The molecule has 0 aromatic heterocycles. The van der Waals surface area contributed by atoms with Crippen LogP contribution in [-0.4, -0.2) is 6.04 Å². The van der Waals surface area contributed by atoms with E-state index in [1.807, 2.05) is 11.4 Å². The molecule has 2 heteroatoms. The Morgan fingerprint density at radius 2 is 1.37 bits per heavy atom. The quantitative estimate of drug-likeness (QED) is 0.632. The third-order valence-electron chi connectivity index (χ3n) is 5.80. The highest BCUT2D eigenvalue weighted by Gasteiger charge is 2.40. The highest BCUT2D eigenvalue weighted by atomic mass is 15.4. The Labute approximate surface area is 164 Å². The molecule has 3 aromatic rings. The maximum absolute atomic E-state index is 9.19. The highest BCUT2D eigenvalue weighted by Crippen LogP contribution is 2.42. The number of hydrogen-bond donors (Lipinski definition) is 1. The number of rotatable bonds is 3. The van der Waals surface area contributed by atoms with Gasteiger partial charge in [0.05, 0.1) is 6.04 Å². The van der Waals surface area contributed by atoms with Crippen LogP contribution in [0.4, 0.5) is 5.69 Å². The molecule has 4 rings (SSSR count). The van der Waals surface area contributed by atoms with Gasteiger partial charge in [0.15, 0.2) is 0 Å². The molecule has 0 saturated carbocycles. The van der Waals surface area contributed by atoms with E-state index >= 15 is 0 Å². The van der Waals surface area contributed by atoms with Gasteiger partial charge in [0.2, 0.25) is 0 Å². The molecule has 1 saturated heterocycles. The Hall–Kier alpha value is -2.58. The van der Waals surface area contributed by atoms with E-state index in [1.54, 1.807) is 0 Å². The van der Waals surface area contributed by atoms with Crippen molar-refractivity contribution in [3.63, 3.8) is 0 Å². The fraction of sp³-hybridized carbons (Fsp3) is 0.280. The summed E-state index contributed by atoms with van der Waals surface area (Å²) in [5.74, 6) is 0. The maximum Gasteiger partial charge on any atom is 0.125 e. The molecule has 3 atom stereocenters. The second-order valence-corrected chi connectivity index (χ2v) is 7.62. The van der Waals surface area contributed by atoms with Crippen molar-refractivity contribution in [3.05, 3.63) is 101 Å². The minimum absolute atomic E-state index is 0.00446. The van der Waals surface area contributed by atoms with E-state index in [2.05, 4.69) is 99.3 Å². The Morgan fingerprint density at radius 3 is 2.04 bits per heavy atom. The zero-order valence-corrected chi connectivity index (χ0v) is 16.6. The zero-order valence-electron chi connectivity index (χ0n) is 17.6. The van der Waals surface area contributed by atoms with Gasteiger partial charge in [-0.2, -0.15) is 0 Å². The van der Waals surface area contributed by atoms with Gasteiger partial charge in [-0.15, -0.1) is 0 Å². The summed E-state index contributed by atoms with van der Waals surface area (Å²) in [5, 5.41) is 1.81. The summed E-state index contributed by atoms with van der Waals surface area (Å²) in [6, 6.07) is 25.6. The zero-order chi connectivity index (χ0) is 19.8. The molecule has 0 radical (unpaired) electrons. The standard InChI is InChI=1S/C25H28N2/c1-17-11-8-9-16-22(17)27-20(4)24(21-14-6-5-7-15-21)26-25(27)23-18(2)12-10-13-19(23)3/h5-16,20,24-26H,1-4H3/t20-,24?,25?/m0/s1/i/hD. The smallest absolute Gasteiger partial charge is 0.125 e. The van der Waals surface area contributed by atoms with Crippen LogP contribution in [0.2, 0.25) is 1.41 Å². The number of para-hydroxylation sites is 1. The van der Waals surface area contributed by atoms with Crippen LogP contribution in [-0.2, 0) is 0 Å². The van der Waals surface area contributed by atoms with Crippen molar-refractivity contribution >= 4 is 5.69 Å². The summed E-state index contributed by atoms with van der Waals surface area (Å²) in [6.07, 6.45) is -0.123. The van der Waals surface area contributed by atoms with Gasteiger partial charge in [0.1, 0.15) is 7.58 Å². The van der Waals surface area contributed by atoms with Crippen molar-refractivity contribution in [1.29, 1.82) is 0 Å². The second-order valence-electron chi connectivity index (χ2n) is 7.62. The number of aryl methyl sites for hydroxylation is 3. The Balaban J connectivity index is 1.91. The van der Waals surface area contributed by atoms with Gasteiger partial charge in [-0.25, -0.2) is 0 Å². The predicted molar refractivity (Wildman–Crippen MR) is 114 cm³/mol. The summed E-state index contributed by atoms with van der Waals surface area (Å²) in [6.45, 7) is 8.73. The maximum atomic E-state index is 9.19. The average Bonchev–Trinajstić information content (AvgIpc) is 2.93. The normalized spacial score (nSPS) is 23.5. The molecule has 138 valence electrons. The number of nitrogens with one attached hydrogen (secondary N) is 1. The molecule has 1 N–H and O–H groups in total. The predicted octanol–water partition coefficient (Wildman–Crippen LogP) is 5.85. The minimum atomic E-state index is -0.123. The fourth-order valence-electron chi connectivity index (χ4n) is 4.39. The van der Waals surface area contributed by atoms with Crippen molar-refractivity contribution in [2.45, 2.75) is 45.9 Å². The molecule has 0 bridgehead atoms. The first kappa shape index (κ1) is 16.6. The van der Waals surface area contributed by atoms with E-state index in [4.69, 9.17) is 0 Å². The lowest BCUT2D eigenvalue weighted by Crippen LogP contribution is -2.33. The van der Waals surface area contributed by atoms with Gasteiger partial charge < -0.3 is 4.90 Å². The third-order valence-corrected chi connectivity index (χ3v) is 5.80. The average molecular weight is 358 g/mol. The monoisotopic (exact) mass is 357 g/mol. The van der Waals surface area contributed by atoms with Gasteiger partial charge in [-0.05, 0) is 61.6 Å². The number of benzene rings is 3. The molecule has 27 heavy (non-hydrogen) atoms. The van der Waals surface area contributed by atoms with Crippen LogP contribution in [0.5, 0.6) is 0 Å². The van der Waals surface area contributed by atoms with Crippen molar-refractivity contribution < 1.29 is 1.41 Å². The molecule has 0 aliphatic carbocycles. The molecule has 3 aromatic carbocycles. The largest absolute Gasteiger partial charge is 0.347 e. The Bertz CT molecular complexity index is 949. The molecule has 0 amide bonds. The SMILES string of the molecule is [2H]N1C(c2ccccc2)[C@H](C)N(c2ccccc2C)C1c1c(C)cccc1C. The summed E-state index contributed by atoms with van der Waals surface area (Å²) >= 11 is 0. The van der Waals surface area contributed by atoms with Gasteiger partial charge in [-0.1, -0.05) is 66.7 Å². The van der Waals surface area contributed by atoms with Crippen LogP contribution in [0.3, 0.4) is 0 Å². The number of anilines is 1. The molecular weight excluding hydrogens is 328 g/mol. The number of hydrogen-bond acceptors (Lipinski definition) is 2. The molecule has 1 aliphatic heterocycles. The molecule has 1 fully saturated rings. The van der Waals surface area contributed by atoms with E-state index < -0.39 is 0 Å². The molecule has 2 unspecified atom stereocenters. The van der Waals surface area contributed by atoms with E-state index in [0.29, 0.717) is 0 Å². The van der Waals surface area contributed by atoms with Crippen LogP contribution in [0.25, 0.3) is 0 Å². The van der Waals surface area contributed by atoms with Crippen LogP contribution in [0.15, 0.2) is 72.8 Å². The molecule has 1 heterocycles. The van der Waals surface area contributed by atoms with E-state index in [-0.39, 0.29) is 18.2 Å². The van der Waals surface area contributed by atoms with Crippen LogP contribution >= 0.6 is 0 Å². The third kappa shape index (κ3) is 3.15. The van der Waals surface area contributed by atoms with Crippen LogP contribution in [0, 0.1) is 20.8 Å². The summed E-state index contributed by atoms with van der Waals surface area (Å²) in [4.78, 5) is 2.44. The number of nitrogens with zero attached hydrogens (tertiary/aromatic N) is 1. The van der Waals surface area contributed by atoms with Crippen molar-refractivity contribution in [2.24, 2.45) is 0 Å². The summed E-state index contributed by atoms with van der Waals surface area (Å²) < 4.78 is 9.19. The lowest BCUT2D eigenvalue weighted by molar-refractivity contribution is 0.557. The summed E-state index contributed by atoms with van der Waals surface area (Å²) in [7, 11) is 0. The second kappa shape index (κ2) is 7.21. The van der Waals surface area contributed by atoms with Crippen molar-refractivity contribution in [1.82, 2.24) is 5.31 Å².